The number of carbonyl (C=O) groups excluding carboxylic acids is 5. The average molecular weight is 932 g/mol. The fraction of sp³-hybridized carbons (Fsp3) is 0.524. The molecule has 64 heavy (non-hydrogen) atoms. The number of thiazole rings is 1. The molecule has 20 nitrogen and oxygen atoms in total. The number of ketones is 1. The van der Waals surface area contributed by atoms with E-state index in [1.165, 1.54) is 30.0 Å². The van der Waals surface area contributed by atoms with Crippen molar-refractivity contribution in [1.29, 1.82) is 0 Å². The second kappa shape index (κ2) is 19.9. The maximum Gasteiger partial charge on any atom is 0.425 e. The number of pyridine rings is 1. The quantitative estimate of drug-likeness (QED) is 0.0533. The van der Waals surface area contributed by atoms with Gasteiger partial charge in [0.15, 0.2) is 22.4 Å². The number of ether oxygens (including phenoxy) is 4. The molecule has 1 aromatic carbocycles. The van der Waals surface area contributed by atoms with E-state index < -0.39 is 105 Å². The van der Waals surface area contributed by atoms with E-state index in [0.717, 1.165) is 23.0 Å². The van der Waals surface area contributed by atoms with Crippen LogP contribution in [0.4, 0.5) is 14.7 Å². The Labute approximate surface area is 376 Å². The number of carbonyl (C=O) groups is 5. The molecule has 0 unspecified atom stereocenters. The first kappa shape index (κ1) is 50.8. The second-order valence-corrected chi connectivity index (χ2v) is 20.8. The molecule has 2 atom stereocenters. The normalized spacial score (nSPS) is 15.9. The van der Waals surface area contributed by atoms with E-state index in [2.05, 4.69) is 25.5 Å². The molecule has 1 aliphatic heterocycles. The minimum absolute atomic E-state index is 0.000390. The van der Waals surface area contributed by atoms with Crippen LogP contribution in [0.15, 0.2) is 57.9 Å². The number of nitrogens with zero attached hydrogens (tertiary/aromatic N) is 4. The van der Waals surface area contributed by atoms with Crippen molar-refractivity contribution >= 4 is 62.2 Å². The van der Waals surface area contributed by atoms with Crippen molar-refractivity contribution in [1.82, 2.24) is 23.9 Å². The second-order valence-electron chi connectivity index (χ2n) is 18.3. The number of β-lactam (4-membered cyclic amide) rings is 1. The highest BCUT2D eigenvalue weighted by atomic mass is 32.2. The van der Waals surface area contributed by atoms with E-state index >= 15 is 0 Å². The van der Waals surface area contributed by atoms with Gasteiger partial charge in [-0.15, -0.1) is 11.3 Å². The number of anilines is 1. The van der Waals surface area contributed by atoms with Crippen LogP contribution in [0.3, 0.4) is 0 Å². The first-order valence-corrected chi connectivity index (χ1v) is 22.4. The Morgan fingerprint density at radius 1 is 0.922 bits per heavy atom. The van der Waals surface area contributed by atoms with Gasteiger partial charge < -0.3 is 33.7 Å². The molecule has 2 aromatic heterocycles. The highest BCUT2D eigenvalue weighted by Crippen LogP contribution is 2.25. The summed E-state index contributed by atoms with van der Waals surface area (Å²) in [4.78, 5) is 88.7. The number of oxime groups is 1. The number of aromatic nitrogens is 2. The van der Waals surface area contributed by atoms with Crippen molar-refractivity contribution in [2.24, 2.45) is 18.1 Å². The van der Waals surface area contributed by atoms with Crippen LogP contribution in [0.5, 0.6) is 5.75 Å². The number of rotatable bonds is 17. The van der Waals surface area contributed by atoms with Gasteiger partial charge in [0.1, 0.15) is 29.1 Å². The Morgan fingerprint density at radius 3 is 2.14 bits per heavy atom. The van der Waals surface area contributed by atoms with E-state index in [9.17, 15) is 37.2 Å². The topological polar surface area (TPSA) is 252 Å². The van der Waals surface area contributed by atoms with Gasteiger partial charge in [-0.25, -0.2) is 19.4 Å². The van der Waals surface area contributed by atoms with Crippen LogP contribution in [0.25, 0.3) is 0 Å². The Morgan fingerprint density at radius 2 is 1.55 bits per heavy atom. The van der Waals surface area contributed by atoms with Crippen LogP contribution >= 0.6 is 11.3 Å². The van der Waals surface area contributed by atoms with Crippen LogP contribution in [-0.4, -0.2) is 92.8 Å². The molecule has 3 N–H and O–H groups in total. The van der Waals surface area contributed by atoms with E-state index in [-0.39, 0.29) is 28.9 Å². The van der Waals surface area contributed by atoms with Gasteiger partial charge in [-0.1, -0.05) is 35.5 Å². The van der Waals surface area contributed by atoms with Crippen LogP contribution in [0, 0.1) is 5.92 Å². The van der Waals surface area contributed by atoms with Crippen LogP contribution in [0.1, 0.15) is 99.5 Å². The lowest BCUT2D eigenvalue weighted by atomic mass is 9.85. The summed E-state index contributed by atoms with van der Waals surface area (Å²) in [5.74, 6) is -3.28. The van der Waals surface area contributed by atoms with Gasteiger partial charge in [-0.05, 0) is 81.7 Å². The lowest BCUT2D eigenvalue weighted by Gasteiger charge is -2.37. The largest absolute Gasteiger partial charge is 0.483 e. The molecular weight excluding hydrogens is 875 g/mol. The molecule has 1 saturated heterocycles. The zero-order valence-corrected chi connectivity index (χ0v) is 39.6. The van der Waals surface area contributed by atoms with Crippen LogP contribution < -0.4 is 25.5 Å². The van der Waals surface area contributed by atoms with Crippen molar-refractivity contribution in [3.05, 3.63) is 75.1 Å². The van der Waals surface area contributed by atoms with Gasteiger partial charge in [-0.2, -0.15) is 17.4 Å². The number of benzene rings is 1. The van der Waals surface area contributed by atoms with Crippen molar-refractivity contribution in [3.63, 3.8) is 0 Å². The smallest absolute Gasteiger partial charge is 0.425 e. The predicted octanol–water partition coefficient (Wildman–Crippen LogP) is 4.95. The minimum atomic E-state index is -4.76. The summed E-state index contributed by atoms with van der Waals surface area (Å²) in [5, 5.41) is 10.5. The number of hydrogen-bond acceptors (Lipinski definition) is 16. The maximum absolute atomic E-state index is 14.0. The van der Waals surface area contributed by atoms with Crippen molar-refractivity contribution in [2.45, 2.75) is 124 Å². The first-order chi connectivity index (χ1) is 29.4. The third-order valence-electron chi connectivity index (χ3n) is 8.65. The predicted molar refractivity (Wildman–Crippen MR) is 236 cm³/mol. The molecule has 3 amide bonds. The lowest BCUT2D eigenvalue weighted by Crippen LogP contribution is -2.63. The van der Waals surface area contributed by atoms with Crippen molar-refractivity contribution in [3.8, 4) is 5.75 Å². The van der Waals surface area contributed by atoms with E-state index in [1.54, 1.807) is 69.4 Å². The number of amides is 3. The average Bonchev–Trinajstić information content (AvgIpc) is 3.60. The molecule has 3 heterocycles. The molecule has 1 fully saturated rings. The number of aryl methyl sites for hydroxylation is 1. The van der Waals surface area contributed by atoms with Gasteiger partial charge in [0.05, 0.1) is 24.7 Å². The zero-order chi connectivity index (χ0) is 48.0. The third-order valence-corrected chi connectivity index (χ3v) is 10.8. The van der Waals surface area contributed by atoms with Gasteiger partial charge in [0, 0.05) is 37.2 Å². The molecule has 0 aliphatic carbocycles. The Kier molecular flexibility index (Phi) is 15.8. The van der Waals surface area contributed by atoms with Gasteiger partial charge in [-0.3, -0.25) is 19.7 Å². The fourth-order valence-electron chi connectivity index (χ4n) is 5.50. The minimum Gasteiger partial charge on any atom is -0.483 e. The highest BCUT2D eigenvalue weighted by Gasteiger charge is 2.43. The summed E-state index contributed by atoms with van der Waals surface area (Å²) < 4.78 is 53.9. The zero-order valence-electron chi connectivity index (χ0n) is 38.0. The molecule has 0 radical (unpaired) electrons. The molecule has 350 valence electrons. The lowest BCUT2D eigenvalue weighted by molar-refractivity contribution is -0.179. The third kappa shape index (κ3) is 14.9. The SMILES string of the molecule is Cn1cc(OCc2ccccc2)c(=O)cc1CN(C(=O)OC(C)(C)C)S(=O)(=O)NC[C@H]1NC(=O)[C@H]1CC(=O)/C(=N\OC(C)(C)C(=O)OC(C)(C)C)c1csc(NC(=O)OC(C)(C)C)n1. The maximum atomic E-state index is 14.0. The Balaban J connectivity index is 1.55. The standard InChI is InChI=1S/C42H57N7O13S2/c1-39(2,3)59-35(53)42(10,11)62-47-33(29-24-63-36(45-29)46-37(54)60-40(4,5)6)31(51)19-27-28(44-34(27)52)20-43-64(56,57)49(38(55)61-41(7,8)9)21-26-18-30(50)32(22-48(26)12)58-23-25-16-14-13-15-17-25/h13-18,22,24,27-28,43H,19-21,23H2,1-12H3,(H,44,52)(H,45,46,54)/b47-33-/t27-,28+/m0/s1. The van der Waals surface area contributed by atoms with Gasteiger partial charge in [0.2, 0.25) is 16.9 Å². The monoisotopic (exact) mass is 931 g/mol. The van der Waals surface area contributed by atoms with Crippen molar-refractivity contribution < 1.29 is 56.2 Å². The first-order valence-electron chi connectivity index (χ1n) is 20.1. The highest BCUT2D eigenvalue weighted by molar-refractivity contribution is 7.87. The van der Waals surface area contributed by atoms with Gasteiger partial charge in [0.25, 0.3) is 0 Å². The molecule has 0 spiro atoms. The van der Waals surface area contributed by atoms with E-state index in [1.807, 2.05) is 30.3 Å². The van der Waals surface area contributed by atoms with Crippen LogP contribution in [0.2, 0.25) is 0 Å². The van der Waals surface area contributed by atoms with Gasteiger partial charge >= 0.3 is 28.4 Å². The summed E-state index contributed by atoms with van der Waals surface area (Å²) in [5.41, 5.74) is -4.63. The summed E-state index contributed by atoms with van der Waals surface area (Å²) >= 11 is 0.933. The number of nitrogens with one attached hydrogen (secondary N) is 3. The molecule has 22 heteroatoms. The number of Topliss-reactive ketones (excluding diaryl/α,β-unsaturated/α-hetero) is 1. The van der Waals surface area contributed by atoms with E-state index in [0.29, 0.717) is 4.31 Å². The molecular formula is C42H57N7O13S2. The fourth-order valence-corrected chi connectivity index (χ4v) is 7.26. The van der Waals surface area contributed by atoms with Crippen molar-refractivity contribution in [2.75, 3.05) is 11.9 Å². The Hall–Kier alpha value is -5.87. The van der Waals surface area contributed by atoms with E-state index in [4.69, 9.17) is 23.8 Å². The summed E-state index contributed by atoms with van der Waals surface area (Å²) in [6.45, 7) is 16.4. The van der Waals surface area contributed by atoms with Crippen LogP contribution in [-0.2, 0) is 63.8 Å². The summed E-state index contributed by atoms with van der Waals surface area (Å²) in [7, 11) is -3.21. The number of hydrogen-bond donors (Lipinski definition) is 3. The summed E-state index contributed by atoms with van der Waals surface area (Å²) in [6, 6.07) is 9.34. The Bertz CT molecular complexity index is 2410. The molecule has 3 aromatic rings. The molecule has 0 bridgehead atoms. The number of esters is 1. The molecule has 1 aliphatic rings. The summed E-state index contributed by atoms with van der Waals surface area (Å²) in [6.07, 6.45) is -1.21. The molecule has 0 saturated carbocycles. The molecule has 4 rings (SSSR count).